The summed E-state index contributed by atoms with van der Waals surface area (Å²) in [6, 6.07) is 26.4. The summed E-state index contributed by atoms with van der Waals surface area (Å²) >= 11 is 0. The summed E-state index contributed by atoms with van der Waals surface area (Å²) in [4.78, 5) is 39.0. The average molecular weight is 517 g/mol. The largest absolute Gasteiger partial charge is 0.444 e. The minimum absolute atomic E-state index is 0.241. The number of urea groups is 1. The number of amides is 4. The van der Waals surface area contributed by atoms with Crippen LogP contribution in [0.4, 0.5) is 9.59 Å². The molecule has 0 fully saturated rings. The van der Waals surface area contributed by atoms with Crippen LogP contribution < -0.4 is 21.3 Å². The molecule has 3 aromatic carbocycles. The van der Waals surface area contributed by atoms with E-state index in [1.165, 1.54) is 0 Å². The van der Waals surface area contributed by atoms with Gasteiger partial charge in [-0.3, -0.25) is 4.79 Å². The first-order chi connectivity index (χ1) is 18.1. The summed E-state index contributed by atoms with van der Waals surface area (Å²) < 4.78 is 5.39. The van der Waals surface area contributed by atoms with Gasteiger partial charge in [0.05, 0.1) is 6.04 Å². The molecule has 4 N–H and O–H groups in total. The van der Waals surface area contributed by atoms with Crippen molar-refractivity contribution < 1.29 is 19.1 Å². The van der Waals surface area contributed by atoms with Crippen LogP contribution >= 0.6 is 0 Å². The van der Waals surface area contributed by atoms with Crippen LogP contribution in [-0.4, -0.2) is 29.7 Å². The van der Waals surface area contributed by atoms with Gasteiger partial charge in [0.1, 0.15) is 17.8 Å². The molecule has 38 heavy (non-hydrogen) atoms. The van der Waals surface area contributed by atoms with E-state index >= 15 is 0 Å². The van der Waals surface area contributed by atoms with E-state index in [0.717, 1.165) is 11.1 Å². The van der Waals surface area contributed by atoms with Gasteiger partial charge in [-0.15, -0.1) is 0 Å². The van der Waals surface area contributed by atoms with Crippen molar-refractivity contribution in [1.29, 1.82) is 0 Å². The van der Waals surface area contributed by atoms with Crippen LogP contribution in [0.1, 0.15) is 56.6 Å². The van der Waals surface area contributed by atoms with E-state index in [9.17, 15) is 14.4 Å². The fraction of sp³-hybridized carbons (Fsp3) is 0.300. The zero-order valence-electron chi connectivity index (χ0n) is 22.2. The van der Waals surface area contributed by atoms with Crippen LogP contribution in [0.5, 0.6) is 0 Å². The number of carbonyl (C=O) groups is 3. The molecule has 3 atom stereocenters. The Bertz CT molecular complexity index is 1180. The molecule has 0 aliphatic carbocycles. The highest BCUT2D eigenvalue weighted by Gasteiger charge is 2.27. The second-order valence-corrected chi connectivity index (χ2v) is 9.99. The van der Waals surface area contributed by atoms with Crippen molar-refractivity contribution >= 4 is 18.0 Å². The Morgan fingerprint density at radius 3 is 1.79 bits per heavy atom. The van der Waals surface area contributed by atoms with Gasteiger partial charge in [-0.2, -0.15) is 0 Å². The van der Waals surface area contributed by atoms with Crippen LogP contribution in [0.3, 0.4) is 0 Å². The van der Waals surface area contributed by atoms with Gasteiger partial charge in [-0.1, -0.05) is 91.0 Å². The molecule has 0 bridgehead atoms. The van der Waals surface area contributed by atoms with E-state index in [0.29, 0.717) is 5.56 Å². The summed E-state index contributed by atoms with van der Waals surface area (Å²) in [5.41, 5.74) is 1.77. The number of carbonyl (C=O) groups excluding carboxylic acids is 3. The van der Waals surface area contributed by atoms with Gasteiger partial charge in [0.15, 0.2) is 0 Å². The second kappa shape index (κ2) is 13.3. The van der Waals surface area contributed by atoms with E-state index < -0.39 is 35.8 Å². The minimum atomic E-state index is -0.938. The van der Waals surface area contributed by atoms with Gasteiger partial charge in [-0.25, -0.2) is 9.59 Å². The maximum absolute atomic E-state index is 13.5. The lowest BCUT2D eigenvalue weighted by Gasteiger charge is -2.27. The highest BCUT2D eigenvalue weighted by atomic mass is 16.6. The third kappa shape index (κ3) is 9.28. The van der Waals surface area contributed by atoms with E-state index in [4.69, 9.17) is 4.74 Å². The van der Waals surface area contributed by atoms with Gasteiger partial charge in [0.2, 0.25) is 5.91 Å². The van der Waals surface area contributed by atoms with Crippen molar-refractivity contribution in [2.24, 2.45) is 0 Å². The van der Waals surface area contributed by atoms with Gasteiger partial charge in [-0.05, 0) is 44.4 Å². The molecule has 0 heterocycles. The smallest absolute Gasteiger partial charge is 0.408 e. The molecular formula is C30H36N4O4. The average Bonchev–Trinajstić information content (AvgIpc) is 2.88. The summed E-state index contributed by atoms with van der Waals surface area (Å²) in [6.07, 6.45) is -1.30. The lowest BCUT2D eigenvalue weighted by molar-refractivity contribution is -0.124. The Kier molecular flexibility index (Phi) is 9.87. The van der Waals surface area contributed by atoms with Crippen molar-refractivity contribution in [3.8, 4) is 0 Å². The Hall–Kier alpha value is -4.33. The molecule has 4 amide bonds. The Balaban J connectivity index is 1.77. The topological polar surface area (TPSA) is 109 Å². The molecule has 0 saturated heterocycles. The monoisotopic (exact) mass is 516 g/mol. The second-order valence-electron chi connectivity index (χ2n) is 9.99. The molecule has 200 valence electrons. The first-order valence-electron chi connectivity index (χ1n) is 12.6. The third-order valence-corrected chi connectivity index (χ3v) is 5.63. The highest BCUT2D eigenvalue weighted by molar-refractivity contribution is 5.87. The number of rotatable bonds is 9. The molecule has 8 heteroatoms. The van der Waals surface area contributed by atoms with Crippen molar-refractivity contribution in [2.45, 2.75) is 58.0 Å². The molecule has 8 nitrogen and oxygen atoms in total. The lowest BCUT2D eigenvalue weighted by Crippen LogP contribution is -2.53. The van der Waals surface area contributed by atoms with Crippen LogP contribution in [0, 0.1) is 0 Å². The lowest BCUT2D eigenvalue weighted by atomic mass is 10.0. The molecular weight excluding hydrogens is 480 g/mol. The van der Waals surface area contributed by atoms with Crippen molar-refractivity contribution in [2.75, 3.05) is 0 Å². The van der Waals surface area contributed by atoms with Crippen LogP contribution in [-0.2, 0) is 16.0 Å². The van der Waals surface area contributed by atoms with E-state index in [1.807, 2.05) is 85.8 Å². The summed E-state index contributed by atoms with van der Waals surface area (Å²) in [5.74, 6) is -0.468. The molecule has 0 saturated carbocycles. The fourth-order valence-corrected chi connectivity index (χ4v) is 3.79. The molecule has 0 radical (unpaired) electrons. The number of alkyl carbamates (subject to hydrolysis) is 1. The Morgan fingerprint density at radius 2 is 1.24 bits per heavy atom. The first kappa shape index (κ1) is 28.2. The van der Waals surface area contributed by atoms with Crippen molar-refractivity contribution in [3.63, 3.8) is 0 Å². The molecule has 0 aliphatic heterocycles. The van der Waals surface area contributed by atoms with Crippen LogP contribution in [0.25, 0.3) is 0 Å². The normalized spacial score (nSPS) is 13.4. The third-order valence-electron chi connectivity index (χ3n) is 5.63. The Labute approximate surface area is 224 Å². The summed E-state index contributed by atoms with van der Waals surface area (Å²) in [6.45, 7) is 7.14. The van der Waals surface area contributed by atoms with Gasteiger partial charge < -0.3 is 26.0 Å². The quantitative estimate of drug-likeness (QED) is 0.300. The predicted molar refractivity (Wildman–Crippen MR) is 147 cm³/mol. The van der Waals surface area contributed by atoms with Gasteiger partial charge in [0.25, 0.3) is 0 Å². The van der Waals surface area contributed by atoms with Gasteiger partial charge >= 0.3 is 12.1 Å². The summed E-state index contributed by atoms with van der Waals surface area (Å²) in [5, 5.41) is 11.3. The number of benzene rings is 3. The number of hydrogen-bond acceptors (Lipinski definition) is 4. The van der Waals surface area contributed by atoms with E-state index in [-0.39, 0.29) is 12.5 Å². The maximum atomic E-state index is 13.5. The molecule has 3 aromatic rings. The number of ether oxygens (including phenoxy) is 1. The van der Waals surface area contributed by atoms with E-state index in [2.05, 4.69) is 21.3 Å². The molecule has 0 spiro atoms. The number of hydrogen-bond donors (Lipinski definition) is 4. The van der Waals surface area contributed by atoms with Crippen LogP contribution in [0.15, 0.2) is 91.0 Å². The predicted octanol–water partition coefficient (Wildman–Crippen LogP) is 5.00. The summed E-state index contributed by atoms with van der Waals surface area (Å²) in [7, 11) is 0. The fourth-order valence-electron chi connectivity index (χ4n) is 3.79. The number of nitrogens with one attached hydrogen (secondary N) is 4. The highest BCUT2D eigenvalue weighted by Crippen LogP contribution is 2.14. The molecule has 0 aromatic heterocycles. The van der Waals surface area contributed by atoms with Gasteiger partial charge in [0, 0.05) is 6.42 Å². The first-order valence-corrected chi connectivity index (χ1v) is 12.6. The zero-order valence-corrected chi connectivity index (χ0v) is 22.2. The van der Waals surface area contributed by atoms with E-state index in [1.54, 1.807) is 32.9 Å². The molecule has 0 aliphatic rings. The standard InChI is InChI=1S/C30H36N4O4/c1-21(23-16-10-6-11-17-23)31-28(36)34-26(24-18-12-7-13-19-24)33-27(35)25(20-22-14-8-5-9-15-22)32-29(37)38-30(2,3)4/h5-19,21,25-26H,20H2,1-4H3,(H,32,37)(H,33,35)(H2,31,34,36)/t21-,25+,26-/m1/s1. The molecule has 0 unspecified atom stereocenters. The zero-order chi connectivity index (χ0) is 27.5. The van der Waals surface area contributed by atoms with Crippen molar-refractivity contribution in [1.82, 2.24) is 21.3 Å². The van der Waals surface area contributed by atoms with Crippen molar-refractivity contribution in [3.05, 3.63) is 108 Å². The SMILES string of the molecule is C[C@@H](NC(=O)N[C@@H](NC(=O)[C@H](Cc1ccccc1)NC(=O)OC(C)(C)C)c1ccccc1)c1ccccc1. The molecule has 3 rings (SSSR count). The minimum Gasteiger partial charge on any atom is -0.444 e. The van der Waals surface area contributed by atoms with Crippen LogP contribution in [0.2, 0.25) is 0 Å². The maximum Gasteiger partial charge on any atom is 0.408 e. The Morgan fingerprint density at radius 1 is 0.711 bits per heavy atom.